The number of hydrogen-bond donors (Lipinski definition) is 1. The van der Waals surface area contributed by atoms with Crippen molar-refractivity contribution in [3.8, 4) is 0 Å². The molecule has 0 fully saturated rings. The lowest BCUT2D eigenvalue weighted by Gasteiger charge is -2.31. The van der Waals surface area contributed by atoms with Crippen LogP contribution in [0.25, 0.3) is 11.0 Å². The van der Waals surface area contributed by atoms with Crippen molar-refractivity contribution in [3.63, 3.8) is 0 Å². The number of carbonyl (C=O) groups excluding carboxylic acids is 1. The summed E-state index contributed by atoms with van der Waals surface area (Å²) in [5.41, 5.74) is 5.81. The molecular formula is C25H29N3O2. The van der Waals surface area contributed by atoms with Gasteiger partial charge in [-0.1, -0.05) is 63.6 Å². The third-order valence-corrected chi connectivity index (χ3v) is 5.63. The molecule has 0 saturated heterocycles. The average Bonchev–Trinajstić information content (AvgIpc) is 3.11. The van der Waals surface area contributed by atoms with Crippen molar-refractivity contribution in [2.45, 2.75) is 52.5 Å². The molecule has 1 unspecified atom stereocenters. The van der Waals surface area contributed by atoms with E-state index in [4.69, 9.17) is 9.72 Å². The Labute approximate surface area is 177 Å². The maximum absolute atomic E-state index is 13.2. The number of rotatable bonds is 6. The number of para-hydroxylation sites is 2. The van der Waals surface area contributed by atoms with E-state index >= 15 is 0 Å². The summed E-state index contributed by atoms with van der Waals surface area (Å²) in [6, 6.07) is 16.3. The second-order valence-corrected chi connectivity index (χ2v) is 8.01. The van der Waals surface area contributed by atoms with Crippen molar-refractivity contribution in [1.29, 1.82) is 0 Å². The van der Waals surface area contributed by atoms with Gasteiger partial charge in [0.25, 0.3) is 0 Å². The van der Waals surface area contributed by atoms with E-state index in [1.54, 1.807) is 0 Å². The van der Waals surface area contributed by atoms with Gasteiger partial charge in [-0.05, 0) is 42.5 Å². The molecule has 4 rings (SSSR count). The Morgan fingerprint density at radius 1 is 1.13 bits per heavy atom. The van der Waals surface area contributed by atoms with Crippen LogP contribution in [-0.4, -0.2) is 22.1 Å². The van der Waals surface area contributed by atoms with E-state index in [0.29, 0.717) is 18.1 Å². The van der Waals surface area contributed by atoms with Crippen LogP contribution < -0.4 is 5.32 Å². The predicted molar refractivity (Wildman–Crippen MR) is 121 cm³/mol. The summed E-state index contributed by atoms with van der Waals surface area (Å²) in [6.07, 6.45) is 1.68. The van der Waals surface area contributed by atoms with E-state index in [1.807, 2.05) is 25.1 Å². The number of aromatic nitrogens is 2. The Bertz CT molecular complexity index is 1090. The molecule has 2 aromatic carbocycles. The molecule has 1 aromatic heterocycles. The molecule has 1 aliphatic rings. The molecular weight excluding hydrogens is 374 g/mol. The van der Waals surface area contributed by atoms with Crippen LogP contribution in [0.3, 0.4) is 0 Å². The van der Waals surface area contributed by atoms with E-state index in [-0.39, 0.29) is 12.0 Å². The number of benzene rings is 2. The van der Waals surface area contributed by atoms with Crippen LogP contribution in [0.2, 0.25) is 0 Å². The summed E-state index contributed by atoms with van der Waals surface area (Å²) in [5, 5.41) is 3.44. The number of hydrogen-bond acceptors (Lipinski definition) is 4. The van der Waals surface area contributed by atoms with Crippen molar-refractivity contribution in [3.05, 3.63) is 70.9 Å². The normalized spacial score (nSPS) is 16.0. The topological polar surface area (TPSA) is 56.2 Å². The van der Waals surface area contributed by atoms with Crippen LogP contribution in [0.15, 0.2) is 59.8 Å². The molecule has 5 nitrogen and oxygen atoms in total. The standard InChI is InChI=1S/C25H29N3O2/c1-5-9-20-22(24(29)30-6-2)23(18-14-12-17(13-15-18)16(3)4)28-21-11-8-7-10-19(21)26-25(28)27-20/h7-8,10-16,23H,5-6,9H2,1-4H3,(H,26,27). The van der Waals surface area contributed by atoms with Crippen molar-refractivity contribution in [2.75, 3.05) is 11.9 Å². The second kappa shape index (κ2) is 8.34. The lowest BCUT2D eigenvalue weighted by atomic mass is 9.91. The third-order valence-electron chi connectivity index (χ3n) is 5.63. The minimum absolute atomic E-state index is 0.269. The maximum Gasteiger partial charge on any atom is 0.338 e. The summed E-state index contributed by atoms with van der Waals surface area (Å²) < 4.78 is 7.63. The molecule has 2 heterocycles. The van der Waals surface area contributed by atoms with E-state index in [0.717, 1.165) is 41.1 Å². The Balaban J connectivity index is 1.95. The van der Waals surface area contributed by atoms with Crippen molar-refractivity contribution in [2.24, 2.45) is 0 Å². The molecule has 1 N–H and O–H groups in total. The molecule has 0 saturated carbocycles. The molecule has 1 aliphatic heterocycles. The van der Waals surface area contributed by atoms with Crippen LogP contribution in [0.1, 0.15) is 63.6 Å². The van der Waals surface area contributed by atoms with Gasteiger partial charge in [0.1, 0.15) is 0 Å². The molecule has 0 aliphatic carbocycles. The number of carbonyl (C=O) groups is 1. The summed E-state index contributed by atoms with van der Waals surface area (Å²) in [6.45, 7) is 8.67. The minimum atomic E-state index is -0.282. The SMILES string of the molecule is CCCC1=C(C(=O)OCC)C(c2ccc(C(C)C)cc2)n2c(nc3ccccc32)N1. The quantitative estimate of drug-likeness (QED) is 0.529. The lowest BCUT2D eigenvalue weighted by molar-refractivity contribution is -0.139. The highest BCUT2D eigenvalue weighted by atomic mass is 16.5. The highest BCUT2D eigenvalue weighted by molar-refractivity contribution is 5.94. The number of nitrogens with zero attached hydrogens (tertiary/aromatic N) is 2. The van der Waals surface area contributed by atoms with Crippen molar-refractivity contribution >= 4 is 23.0 Å². The first kappa shape index (κ1) is 20.2. The van der Waals surface area contributed by atoms with Gasteiger partial charge in [-0.25, -0.2) is 9.78 Å². The van der Waals surface area contributed by atoms with E-state index in [9.17, 15) is 4.79 Å². The number of esters is 1. The second-order valence-electron chi connectivity index (χ2n) is 8.01. The van der Waals surface area contributed by atoms with Crippen LogP contribution in [0.5, 0.6) is 0 Å². The number of imidazole rings is 1. The average molecular weight is 404 g/mol. The third kappa shape index (κ3) is 3.49. The van der Waals surface area contributed by atoms with Gasteiger partial charge >= 0.3 is 5.97 Å². The molecule has 0 bridgehead atoms. The summed E-state index contributed by atoms with van der Waals surface area (Å²) in [4.78, 5) is 18.0. The smallest absolute Gasteiger partial charge is 0.338 e. The molecule has 30 heavy (non-hydrogen) atoms. The van der Waals surface area contributed by atoms with Gasteiger partial charge in [-0.3, -0.25) is 4.57 Å². The van der Waals surface area contributed by atoms with Crippen molar-refractivity contribution < 1.29 is 9.53 Å². The summed E-state index contributed by atoms with van der Waals surface area (Å²) in [7, 11) is 0. The summed E-state index contributed by atoms with van der Waals surface area (Å²) >= 11 is 0. The zero-order valence-electron chi connectivity index (χ0n) is 18.1. The molecule has 1 atom stereocenters. The highest BCUT2D eigenvalue weighted by Crippen LogP contribution is 2.40. The van der Waals surface area contributed by atoms with E-state index in [2.05, 4.69) is 61.0 Å². The maximum atomic E-state index is 13.2. The highest BCUT2D eigenvalue weighted by Gasteiger charge is 2.35. The predicted octanol–water partition coefficient (Wildman–Crippen LogP) is 5.79. The molecule has 0 radical (unpaired) electrons. The van der Waals surface area contributed by atoms with Gasteiger partial charge in [-0.15, -0.1) is 0 Å². The van der Waals surface area contributed by atoms with Gasteiger partial charge < -0.3 is 10.1 Å². The summed E-state index contributed by atoms with van der Waals surface area (Å²) in [5.74, 6) is 0.952. The van der Waals surface area contributed by atoms with Gasteiger partial charge in [0, 0.05) is 5.70 Å². The fourth-order valence-corrected chi connectivity index (χ4v) is 4.16. The zero-order valence-corrected chi connectivity index (χ0v) is 18.1. The number of anilines is 1. The van der Waals surface area contributed by atoms with Gasteiger partial charge in [-0.2, -0.15) is 0 Å². The monoisotopic (exact) mass is 403 g/mol. The molecule has 0 spiro atoms. The van der Waals surface area contributed by atoms with Crippen LogP contribution in [-0.2, 0) is 9.53 Å². The first-order chi connectivity index (χ1) is 14.5. The molecule has 5 heteroatoms. The Hall–Kier alpha value is -3.08. The number of fused-ring (bicyclic) bond motifs is 3. The van der Waals surface area contributed by atoms with Crippen LogP contribution in [0, 0.1) is 0 Å². The number of nitrogens with one attached hydrogen (secondary N) is 1. The largest absolute Gasteiger partial charge is 0.463 e. The molecule has 156 valence electrons. The fraction of sp³-hybridized carbons (Fsp3) is 0.360. The van der Waals surface area contributed by atoms with Gasteiger partial charge in [0.15, 0.2) is 0 Å². The van der Waals surface area contributed by atoms with Crippen LogP contribution >= 0.6 is 0 Å². The Morgan fingerprint density at radius 2 is 1.87 bits per heavy atom. The number of ether oxygens (including phenoxy) is 1. The van der Waals surface area contributed by atoms with E-state index in [1.165, 1.54) is 5.56 Å². The van der Waals surface area contributed by atoms with Gasteiger partial charge in [0.05, 0.1) is 29.3 Å². The number of allylic oxidation sites excluding steroid dienone is 1. The molecule has 3 aromatic rings. The van der Waals surface area contributed by atoms with Gasteiger partial charge in [0.2, 0.25) is 5.95 Å². The zero-order chi connectivity index (χ0) is 21.3. The Morgan fingerprint density at radius 3 is 2.53 bits per heavy atom. The minimum Gasteiger partial charge on any atom is -0.463 e. The Kier molecular flexibility index (Phi) is 5.62. The van der Waals surface area contributed by atoms with Crippen molar-refractivity contribution in [1.82, 2.24) is 9.55 Å². The first-order valence-corrected chi connectivity index (χ1v) is 10.8. The first-order valence-electron chi connectivity index (χ1n) is 10.8. The van der Waals surface area contributed by atoms with E-state index < -0.39 is 0 Å². The molecule has 0 amide bonds. The van der Waals surface area contributed by atoms with Crippen LogP contribution in [0.4, 0.5) is 5.95 Å². The fourth-order valence-electron chi connectivity index (χ4n) is 4.16. The lowest BCUT2D eigenvalue weighted by Crippen LogP contribution is -2.29.